The summed E-state index contributed by atoms with van der Waals surface area (Å²) >= 11 is 0. The minimum Gasteiger partial charge on any atom is -0.485 e. The number of rotatable bonds is 9. The highest BCUT2D eigenvalue weighted by molar-refractivity contribution is 5.71. The molecule has 0 bridgehead atoms. The molecule has 41 heavy (non-hydrogen) atoms. The lowest BCUT2D eigenvalue weighted by atomic mass is 9.82. The fourth-order valence-electron chi connectivity index (χ4n) is 6.55. The van der Waals surface area contributed by atoms with Gasteiger partial charge in [0.05, 0.1) is 25.3 Å². The fourth-order valence-corrected chi connectivity index (χ4v) is 6.55. The molecule has 1 unspecified atom stereocenters. The van der Waals surface area contributed by atoms with Crippen molar-refractivity contribution in [1.82, 2.24) is 9.88 Å². The molecule has 1 aromatic heterocycles. The minimum absolute atomic E-state index is 0.0178. The van der Waals surface area contributed by atoms with Gasteiger partial charge in [-0.2, -0.15) is 0 Å². The molecule has 3 heterocycles. The van der Waals surface area contributed by atoms with Crippen molar-refractivity contribution in [2.24, 2.45) is 11.8 Å². The van der Waals surface area contributed by atoms with Gasteiger partial charge in [0.2, 0.25) is 5.88 Å². The summed E-state index contributed by atoms with van der Waals surface area (Å²) in [6.07, 6.45) is 5.17. The Morgan fingerprint density at radius 3 is 2.68 bits per heavy atom. The molecular weight excluding hydrogens is 523 g/mol. The highest BCUT2D eigenvalue weighted by atomic mass is 19.1. The number of aliphatic hydroxyl groups excluding tert-OH is 1. The van der Waals surface area contributed by atoms with E-state index in [4.69, 9.17) is 9.47 Å². The number of ether oxygens (including phenoxy) is 2. The number of benzene rings is 2. The molecule has 0 radical (unpaired) electrons. The Hall–Kier alpha value is -3.49. The van der Waals surface area contributed by atoms with E-state index in [0.29, 0.717) is 30.5 Å². The van der Waals surface area contributed by atoms with Gasteiger partial charge in [-0.05, 0) is 77.8 Å². The van der Waals surface area contributed by atoms with E-state index < -0.39 is 17.7 Å². The molecule has 7 nitrogen and oxygen atoms in total. The number of carboxylic acids is 1. The van der Waals surface area contributed by atoms with Gasteiger partial charge in [0.25, 0.3) is 0 Å². The summed E-state index contributed by atoms with van der Waals surface area (Å²) in [6, 6.07) is 13.9. The summed E-state index contributed by atoms with van der Waals surface area (Å²) in [6.45, 7) is 3.74. The maximum absolute atomic E-state index is 15.0. The second kappa shape index (κ2) is 11.4. The van der Waals surface area contributed by atoms with Crippen LogP contribution in [0.25, 0.3) is 11.1 Å². The summed E-state index contributed by atoms with van der Waals surface area (Å²) in [5.74, 6) is -0.0813. The van der Waals surface area contributed by atoms with Crippen molar-refractivity contribution < 1.29 is 28.9 Å². The third-order valence-electron chi connectivity index (χ3n) is 8.95. The van der Waals surface area contributed by atoms with Crippen LogP contribution in [0, 0.1) is 17.7 Å². The molecule has 6 rings (SSSR count). The second-order valence-corrected chi connectivity index (χ2v) is 11.8. The van der Waals surface area contributed by atoms with Crippen LogP contribution in [0.1, 0.15) is 66.9 Å². The largest absolute Gasteiger partial charge is 0.485 e. The van der Waals surface area contributed by atoms with E-state index in [1.807, 2.05) is 12.1 Å². The van der Waals surface area contributed by atoms with E-state index in [2.05, 4.69) is 34.1 Å². The van der Waals surface area contributed by atoms with Crippen LogP contribution in [0.4, 0.5) is 4.39 Å². The lowest BCUT2D eigenvalue weighted by Crippen LogP contribution is -2.23. The van der Waals surface area contributed by atoms with Crippen LogP contribution < -0.4 is 9.47 Å². The number of likely N-dealkylation sites (tertiary alicyclic amines) is 1. The van der Waals surface area contributed by atoms with E-state index in [-0.39, 0.29) is 18.1 Å². The van der Waals surface area contributed by atoms with Crippen LogP contribution in [-0.4, -0.2) is 52.4 Å². The fraction of sp³-hybridized carbons (Fsp3) is 0.455. The number of hydrogen-bond acceptors (Lipinski definition) is 6. The van der Waals surface area contributed by atoms with Crippen molar-refractivity contribution in [2.45, 2.75) is 63.7 Å². The second-order valence-electron chi connectivity index (χ2n) is 11.8. The number of aryl methyl sites for hydroxylation is 1. The molecule has 0 spiro atoms. The molecule has 216 valence electrons. The Morgan fingerprint density at radius 1 is 1.15 bits per heavy atom. The summed E-state index contributed by atoms with van der Waals surface area (Å²) in [4.78, 5) is 18.0. The van der Waals surface area contributed by atoms with Gasteiger partial charge in [-0.3, -0.25) is 9.69 Å². The first-order valence-corrected chi connectivity index (χ1v) is 14.6. The van der Waals surface area contributed by atoms with Gasteiger partial charge < -0.3 is 19.7 Å². The number of carbonyl (C=O) groups is 1. The number of nitrogens with zero attached hydrogens (tertiary/aromatic N) is 2. The summed E-state index contributed by atoms with van der Waals surface area (Å²) in [7, 11) is 1.51. The zero-order chi connectivity index (χ0) is 28.7. The quantitative estimate of drug-likeness (QED) is 0.345. The molecule has 0 amide bonds. The maximum atomic E-state index is 15.0. The Kier molecular flexibility index (Phi) is 7.70. The third-order valence-corrected chi connectivity index (χ3v) is 8.95. The number of aromatic nitrogens is 1. The lowest BCUT2D eigenvalue weighted by molar-refractivity contribution is -0.142. The number of halogens is 1. The zero-order valence-corrected chi connectivity index (χ0v) is 23.6. The predicted octanol–water partition coefficient (Wildman–Crippen LogP) is 5.74. The Morgan fingerprint density at radius 2 is 1.98 bits per heavy atom. The van der Waals surface area contributed by atoms with Gasteiger partial charge in [0.15, 0.2) is 0 Å². The number of aliphatic hydroxyl groups is 1. The van der Waals surface area contributed by atoms with Crippen LogP contribution in [-0.2, 0) is 17.8 Å². The normalized spacial score (nSPS) is 22.0. The van der Waals surface area contributed by atoms with Crippen LogP contribution in [0.3, 0.4) is 0 Å². The standard InChI is InChI=1S/C33H37FN2O5/c1-19(33(38)39)32(21-4-5-21)23-6-3-20-8-10-29(41-30(20)14-23)22-7-9-26(27-15-31(40-2)35-16-28(27)34)24(13-22)17-36-12-11-25(37)18-36/h3,6-7,9,13-16,19,21,25,29,32,37H,4-5,8,10-12,17-18H2,1-2H3,(H,38,39)/t19-,25-,29?,32-/m0/s1. The molecule has 2 N–H and O–H groups in total. The van der Waals surface area contributed by atoms with Crippen molar-refractivity contribution >= 4 is 5.97 Å². The highest BCUT2D eigenvalue weighted by Gasteiger charge is 2.39. The smallest absolute Gasteiger partial charge is 0.306 e. The van der Waals surface area contributed by atoms with E-state index in [1.165, 1.54) is 13.3 Å². The minimum atomic E-state index is -0.764. The van der Waals surface area contributed by atoms with Gasteiger partial charge >= 0.3 is 5.97 Å². The maximum Gasteiger partial charge on any atom is 0.306 e. The molecule has 3 aliphatic rings. The van der Waals surface area contributed by atoms with Crippen LogP contribution in [0.2, 0.25) is 0 Å². The molecule has 1 aliphatic carbocycles. The molecule has 8 heteroatoms. The topological polar surface area (TPSA) is 92.1 Å². The molecule has 3 aromatic rings. The molecule has 1 saturated carbocycles. The van der Waals surface area contributed by atoms with Crippen molar-refractivity contribution in [3.63, 3.8) is 0 Å². The number of fused-ring (bicyclic) bond motifs is 1. The molecule has 2 aromatic carbocycles. The number of methoxy groups -OCH3 is 1. The molecular formula is C33H37FN2O5. The number of carboxylic acid groups (broad SMARTS) is 1. The van der Waals surface area contributed by atoms with E-state index in [0.717, 1.165) is 72.2 Å². The Bertz CT molecular complexity index is 1440. The Labute approximate surface area is 239 Å². The number of hydrogen-bond donors (Lipinski definition) is 2. The van der Waals surface area contributed by atoms with Crippen molar-refractivity contribution in [2.75, 3.05) is 20.2 Å². The SMILES string of the molecule is COc1cc(-c2ccc(C3CCc4ccc([C@H](C5CC5)[C@H](C)C(=O)O)cc4O3)cc2CN2CC[C@H](O)C2)c(F)cn1. The van der Waals surface area contributed by atoms with Crippen molar-refractivity contribution in [3.8, 4) is 22.8 Å². The van der Waals surface area contributed by atoms with Gasteiger partial charge in [0.1, 0.15) is 17.7 Å². The average molecular weight is 561 g/mol. The van der Waals surface area contributed by atoms with Crippen molar-refractivity contribution in [1.29, 1.82) is 0 Å². The third kappa shape index (κ3) is 5.81. The zero-order valence-electron chi connectivity index (χ0n) is 23.6. The number of aliphatic carboxylic acids is 1. The van der Waals surface area contributed by atoms with Crippen LogP contribution in [0.15, 0.2) is 48.7 Å². The first kappa shape index (κ1) is 27.7. The Balaban J connectivity index is 1.31. The number of β-amino-alcohol motifs (C(OH)–C–C–N with tert-alkyl or cyclic N) is 1. The summed E-state index contributed by atoms with van der Waals surface area (Å²) in [5.41, 5.74) is 5.33. The molecule has 2 fully saturated rings. The van der Waals surface area contributed by atoms with Gasteiger partial charge in [-0.1, -0.05) is 37.3 Å². The summed E-state index contributed by atoms with van der Waals surface area (Å²) < 4.78 is 26.9. The molecule has 4 atom stereocenters. The van der Waals surface area contributed by atoms with Crippen LogP contribution in [0.5, 0.6) is 11.6 Å². The van der Waals surface area contributed by atoms with Gasteiger partial charge in [-0.25, -0.2) is 9.37 Å². The first-order valence-electron chi connectivity index (χ1n) is 14.6. The van der Waals surface area contributed by atoms with E-state index in [1.54, 1.807) is 13.0 Å². The first-order chi connectivity index (χ1) is 19.8. The lowest BCUT2D eigenvalue weighted by Gasteiger charge is -2.29. The summed E-state index contributed by atoms with van der Waals surface area (Å²) in [5, 5.41) is 19.8. The van der Waals surface area contributed by atoms with Crippen molar-refractivity contribution in [3.05, 3.63) is 76.7 Å². The van der Waals surface area contributed by atoms with Crippen LogP contribution >= 0.6 is 0 Å². The van der Waals surface area contributed by atoms with Gasteiger partial charge in [0, 0.05) is 31.3 Å². The molecule has 1 saturated heterocycles. The monoisotopic (exact) mass is 560 g/mol. The highest BCUT2D eigenvalue weighted by Crippen LogP contribution is 2.48. The van der Waals surface area contributed by atoms with E-state index >= 15 is 4.39 Å². The average Bonchev–Trinajstić information content (AvgIpc) is 3.73. The van der Waals surface area contributed by atoms with E-state index in [9.17, 15) is 15.0 Å². The molecule has 2 aliphatic heterocycles. The predicted molar refractivity (Wildman–Crippen MR) is 152 cm³/mol. The number of pyridine rings is 1. The van der Waals surface area contributed by atoms with Gasteiger partial charge in [-0.15, -0.1) is 0 Å².